The van der Waals surface area contributed by atoms with Gasteiger partial charge >= 0.3 is 0 Å². The minimum atomic E-state index is -1.02. The molecule has 0 aromatic heterocycles. The summed E-state index contributed by atoms with van der Waals surface area (Å²) in [5, 5.41) is 7.99. The van der Waals surface area contributed by atoms with Gasteiger partial charge in [-0.2, -0.15) is 0 Å². The molecule has 4 rings (SSSR count). The van der Waals surface area contributed by atoms with Gasteiger partial charge in [0.25, 0.3) is 11.8 Å². The molecule has 49 heavy (non-hydrogen) atoms. The highest BCUT2D eigenvalue weighted by molar-refractivity contribution is 6.25. The largest absolute Gasteiger partial charge is 0.382 e. The van der Waals surface area contributed by atoms with Gasteiger partial charge in [-0.05, 0) is 36.8 Å². The van der Waals surface area contributed by atoms with Crippen LogP contribution in [0.15, 0.2) is 42.5 Å². The Kier molecular flexibility index (Phi) is 14.6. The maximum absolute atomic E-state index is 13.1. The Balaban J connectivity index is 0.951. The molecule has 0 radical (unpaired) electrons. The number of piperidine rings is 1. The average molecular weight is 684 g/mol. The van der Waals surface area contributed by atoms with Crippen LogP contribution in [0.4, 0.5) is 11.4 Å². The fourth-order valence-electron chi connectivity index (χ4n) is 5.04. The van der Waals surface area contributed by atoms with E-state index in [0.29, 0.717) is 82.9 Å². The number of hydrogen-bond acceptors (Lipinski definition) is 12. The van der Waals surface area contributed by atoms with Crippen molar-refractivity contribution in [2.24, 2.45) is 5.73 Å². The van der Waals surface area contributed by atoms with Gasteiger partial charge in [0.15, 0.2) is 0 Å². The molecule has 0 saturated carbocycles. The van der Waals surface area contributed by atoms with Gasteiger partial charge < -0.3 is 40.1 Å². The Morgan fingerprint density at radius 1 is 0.796 bits per heavy atom. The van der Waals surface area contributed by atoms with E-state index in [9.17, 15) is 28.8 Å². The van der Waals surface area contributed by atoms with E-state index in [-0.39, 0.29) is 42.9 Å². The van der Waals surface area contributed by atoms with Gasteiger partial charge in [-0.25, -0.2) is 0 Å². The fourth-order valence-corrected chi connectivity index (χ4v) is 5.04. The summed E-state index contributed by atoms with van der Waals surface area (Å²) in [6, 6.07) is 10.2. The number of nitrogens with two attached hydrogens (primary N) is 1. The summed E-state index contributed by atoms with van der Waals surface area (Å²) in [6.07, 6.45) is 0.307. The van der Waals surface area contributed by atoms with Crippen LogP contribution in [0, 0.1) is 0 Å². The summed E-state index contributed by atoms with van der Waals surface area (Å²) in [5.41, 5.74) is 6.92. The van der Waals surface area contributed by atoms with Crippen molar-refractivity contribution in [1.29, 1.82) is 0 Å². The normalized spacial score (nSPS) is 15.7. The number of primary amides is 1. The molecule has 1 atom stereocenters. The summed E-state index contributed by atoms with van der Waals surface area (Å²) in [5.74, 6) is -3.02. The SMILES string of the molecule is NC(=O)c1cccc(NC(=O)CCOCCOCCOCCOCCOCCNc2cccc3c2C(=O)N(C2CCC(=O)NC2=O)C3=O)c1. The van der Waals surface area contributed by atoms with Crippen molar-refractivity contribution in [2.45, 2.75) is 25.3 Å². The molecule has 264 valence electrons. The average Bonchev–Trinajstić information content (AvgIpc) is 3.33. The Morgan fingerprint density at radius 2 is 1.41 bits per heavy atom. The molecule has 2 heterocycles. The molecule has 1 unspecified atom stereocenters. The van der Waals surface area contributed by atoms with Gasteiger partial charge in [-0.3, -0.25) is 39.0 Å². The number of hydrogen-bond donors (Lipinski definition) is 4. The monoisotopic (exact) mass is 683 g/mol. The molecule has 2 aromatic rings. The molecule has 1 fully saturated rings. The molecular weight excluding hydrogens is 642 g/mol. The maximum Gasteiger partial charge on any atom is 0.264 e. The topological polar surface area (TPSA) is 214 Å². The summed E-state index contributed by atoms with van der Waals surface area (Å²) in [6.45, 7) is 3.87. The van der Waals surface area contributed by atoms with E-state index in [0.717, 1.165) is 4.90 Å². The first-order valence-corrected chi connectivity index (χ1v) is 15.9. The number of anilines is 2. The maximum atomic E-state index is 13.1. The third-order valence-electron chi connectivity index (χ3n) is 7.42. The van der Waals surface area contributed by atoms with E-state index in [1.165, 1.54) is 6.07 Å². The molecule has 5 N–H and O–H groups in total. The molecule has 2 aliphatic heterocycles. The van der Waals surface area contributed by atoms with E-state index in [1.807, 2.05) is 0 Å². The lowest BCUT2D eigenvalue weighted by Gasteiger charge is -2.27. The summed E-state index contributed by atoms with van der Waals surface area (Å²) in [4.78, 5) is 74.0. The van der Waals surface area contributed by atoms with Gasteiger partial charge in [-0.15, -0.1) is 0 Å². The van der Waals surface area contributed by atoms with Crippen molar-refractivity contribution < 1.29 is 52.5 Å². The summed E-state index contributed by atoms with van der Waals surface area (Å²) in [7, 11) is 0. The van der Waals surface area contributed by atoms with Crippen LogP contribution in [-0.4, -0.2) is 119 Å². The first-order chi connectivity index (χ1) is 23.8. The zero-order valence-corrected chi connectivity index (χ0v) is 27.0. The molecule has 0 spiro atoms. The number of ether oxygens (including phenoxy) is 5. The van der Waals surface area contributed by atoms with Gasteiger partial charge in [-0.1, -0.05) is 12.1 Å². The van der Waals surface area contributed by atoms with Crippen LogP contribution in [-0.2, 0) is 38.1 Å². The number of fused-ring (bicyclic) bond motifs is 1. The van der Waals surface area contributed by atoms with Gasteiger partial charge in [0, 0.05) is 29.9 Å². The van der Waals surface area contributed by atoms with E-state index in [4.69, 9.17) is 29.4 Å². The lowest BCUT2D eigenvalue weighted by molar-refractivity contribution is -0.136. The third kappa shape index (κ3) is 11.2. The van der Waals surface area contributed by atoms with E-state index in [2.05, 4.69) is 16.0 Å². The Bertz CT molecular complexity index is 1500. The molecule has 0 aliphatic carbocycles. The molecule has 16 heteroatoms. The van der Waals surface area contributed by atoms with Crippen molar-refractivity contribution in [3.8, 4) is 0 Å². The highest BCUT2D eigenvalue weighted by Gasteiger charge is 2.45. The zero-order valence-electron chi connectivity index (χ0n) is 27.0. The number of imide groups is 2. The quantitative estimate of drug-likeness (QED) is 0.0998. The highest BCUT2D eigenvalue weighted by atomic mass is 16.6. The van der Waals surface area contributed by atoms with Gasteiger partial charge in [0.05, 0.1) is 83.6 Å². The van der Waals surface area contributed by atoms with Gasteiger partial charge in [0.1, 0.15) is 6.04 Å². The lowest BCUT2D eigenvalue weighted by atomic mass is 10.0. The van der Waals surface area contributed by atoms with Crippen LogP contribution in [0.2, 0.25) is 0 Å². The molecule has 16 nitrogen and oxygen atoms in total. The fraction of sp³-hybridized carbons (Fsp3) is 0.455. The van der Waals surface area contributed by atoms with Gasteiger partial charge in [0.2, 0.25) is 23.6 Å². The van der Waals surface area contributed by atoms with Crippen molar-refractivity contribution in [3.05, 3.63) is 59.2 Å². The lowest BCUT2D eigenvalue weighted by Crippen LogP contribution is -2.54. The predicted octanol–water partition coefficient (Wildman–Crippen LogP) is 0.710. The second kappa shape index (κ2) is 19.3. The van der Waals surface area contributed by atoms with E-state index < -0.39 is 35.6 Å². The molecule has 0 bridgehead atoms. The highest BCUT2D eigenvalue weighted by Crippen LogP contribution is 2.32. The van der Waals surface area contributed by atoms with Crippen LogP contribution < -0.4 is 21.7 Å². The van der Waals surface area contributed by atoms with Crippen LogP contribution in [0.25, 0.3) is 0 Å². The number of carbonyl (C=O) groups is 6. The zero-order chi connectivity index (χ0) is 35.0. The minimum absolute atomic E-state index is 0.0577. The number of amides is 6. The van der Waals surface area contributed by atoms with Crippen LogP contribution >= 0.6 is 0 Å². The summed E-state index contributed by atoms with van der Waals surface area (Å²) >= 11 is 0. The molecule has 1 saturated heterocycles. The van der Waals surface area contributed by atoms with Crippen molar-refractivity contribution in [3.63, 3.8) is 0 Å². The number of benzene rings is 2. The number of carbonyl (C=O) groups excluding carboxylic acids is 6. The standard InChI is InChI=1S/C33H41N5O11/c34-30(41)22-3-1-4-23(21-22)36-28(40)9-11-45-13-15-47-17-19-49-20-18-48-16-14-46-12-10-35-25-6-2-5-24-29(25)33(44)38(32(24)43)26-7-8-27(39)37-31(26)42/h1-6,21,26,35H,7-20H2,(H2,34,41)(H,36,40)(H,37,39,42). The minimum Gasteiger partial charge on any atom is -0.382 e. The van der Waals surface area contributed by atoms with Crippen LogP contribution in [0.1, 0.15) is 50.3 Å². The van der Waals surface area contributed by atoms with Crippen molar-refractivity contribution in [1.82, 2.24) is 10.2 Å². The Labute approximate surface area is 282 Å². The Morgan fingerprint density at radius 3 is 2.04 bits per heavy atom. The molecule has 2 aliphatic rings. The Hall–Kier alpha value is -4.74. The third-order valence-corrected chi connectivity index (χ3v) is 7.42. The number of nitrogens with zero attached hydrogens (tertiary/aromatic N) is 1. The summed E-state index contributed by atoms with van der Waals surface area (Å²) < 4.78 is 27.4. The second-order valence-corrected chi connectivity index (χ2v) is 10.9. The first-order valence-electron chi connectivity index (χ1n) is 15.9. The number of nitrogens with one attached hydrogen (secondary N) is 3. The van der Waals surface area contributed by atoms with Crippen LogP contribution in [0.5, 0.6) is 0 Å². The van der Waals surface area contributed by atoms with Crippen molar-refractivity contribution in [2.75, 3.05) is 83.2 Å². The number of rotatable bonds is 22. The smallest absolute Gasteiger partial charge is 0.264 e. The van der Waals surface area contributed by atoms with E-state index in [1.54, 1.807) is 36.4 Å². The second-order valence-electron chi connectivity index (χ2n) is 10.9. The van der Waals surface area contributed by atoms with E-state index >= 15 is 0 Å². The first kappa shape index (κ1) is 37.1. The van der Waals surface area contributed by atoms with Crippen LogP contribution in [0.3, 0.4) is 0 Å². The van der Waals surface area contributed by atoms with Crippen molar-refractivity contribution >= 4 is 46.8 Å². The molecule has 2 aromatic carbocycles. The molecule has 6 amide bonds. The predicted molar refractivity (Wildman–Crippen MR) is 174 cm³/mol. The molecular formula is C33H41N5O11.